The van der Waals surface area contributed by atoms with Crippen molar-refractivity contribution >= 4 is 28.6 Å². The molecule has 30 heavy (non-hydrogen) atoms. The highest BCUT2D eigenvalue weighted by Gasteiger charge is 2.17. The van der Waals surface area contributed by atoms with Gasteiger partial charge in [0.1, 0.15) is 0 Å². The lowest BCUT2D eigenvalue weighted by Gasteiger charge is -2.21. The zero-order chi connectivity index (χ0) is 21.5. The van der Waals surface area contributed by atoms with Crippen LogP contribution >= 0.6 is 11.8 Å². The quantitative estimate of drug-likeness (QED) is 0.312. The number of hydrogen-bond acceptors (Lipinski definition) is 4. The summed E-state index contributed by atoms with van der Waals surface area (Å²) in [6.45, 7) is 8.37. The lowest BCUT2D eigenvalue weighted by molar-refractivity contribution is -0.119. The third-order valence-electron chi connectivity index (χ3n) is 4.71. The molecule has 0 saturated carbocycles. The maximum Gasteiger partial charge on any atom is 0.262 e. The van der Waals surface area contributed by atoms with Gasteiger partial charge in [-0.2, -0.15) is 0 Å². The zero-order valence-corrected chi connectivity index (χ0v) is 18.2. The molecule has 6 heteroatoms. The maximum absolute atomic E-state index is 12.8. The number of carbonyl (C=O) groups is 1. The number of hydrogen-bond donors (Lipinski definition) is 1. The second-order valence-electron chi connectivity index (χ2n) is 7.56. The molecule has 1 amide bonds. The number of amides is 1. The topological polar surface area (TPSA) is 64.0 Å². The first-order valence-electron chi connectivity index (χ1n) is 10.1. The molecular formula is C24H27N3O2S. The van der Waals surface area contributed by atoms with E-state index in [-0.39, 0.29) is 23.3 Å². The van der Waals surface area contributed by atoms with Crippen LogP contribution in [0.3, 0.4) is 0 Å². The van der Waals surface area contributed by atoms with Crippen LogP contribution in [0.5, 0.6) is 0 Å². The van der Waals surface area contributed by atoms with E-state index in [0.717, 1.165) is 12.0 Å². The van der Waals surface area contributed by atoms with Gasteiger partial charge >= 0.3 is 0 Å². The average molecular weight is 422 g/mol. The fraction of sp³-hybridized carbons (Fsp3) is 0.292. The number of benzene rings is 2. The van der Waals surface area contributed by atoms with Gasteiger partial charge in [0.15, 0.2) is 5.16 Å². The molecule has 156 valence electrons. The first-order chi connectivity index (χ1) is 14.5. The smallest absolute Gasteiger partial charge is 0.262 e. The first kappa shape index (κ1) is 21.8. The molecule has 1 aromatic heterocycles. The Kier molecular flexibility index (Phi) is 7.46. The molecule has 2 aromatic carbocycles. The summed E-state index contributed by atoms with van der Waals surface area (Å²) in [5.41, 5.74) is 1.61. The van der Waals surface area contributed by atoms with Crippen molar-refractivity contribution in [2.75, 3.05) is 5.75 Å². The Balaban J connectivity index is 1.77. The number of thioether (sulfide) groups is 1. The Bertz CT molecular complexity index is 1080. The minimum Gasteiger partial charge on any atom is -0.349 e. The monoisotopic (exact) mass is 421 g/mol. The predicted molar refractivity (Wildman–Crippen MR) is 124 cm³/mol. The van der Waals surface area contributed by atoms with E-state index >= 15 is 0 Å². The van der Waals surface area contributed by atoms with E-state index in [4.69, 9.17) is 0 Å². The molecule has 1 unspecified atom stereocenters. The van der Waals surface area contributed by atoms with Gasteiger partial charge in [0.05, 0.1) is 22.7 Å². The maximum atomic E-state index is 12.8. The minimum absolute atomic E-state index is 0.0424. The van der Waals surface area contributed by atoms with Crippen LogP contribution < -0.4 is 10.9 Å². The van der Waals surface area contributed by atoms with Crippen molar-refractivity contribution in [3.05, 3.63) is 83.2 Å². The Morgan fingerprint density at radius 2 is 1.87 bits per heavy atom. The molecule has 0 spiro atoms. The number of aromatic nitrogens is 2. The molecule has 0 fully saturated rings. The summed E-state index contributed by atoms with van der Waals surface area (Å²) in [6.07, 6.45) is 2.52. The van der Waals surface area contributed by atoms with Gasteiger partial charge in [0.2, 0.25) is 5.91 Å². The summed E-state index contributed by atoms with van der Waals surface area (Å²) in [4.78, 5) is 30.2. The third-order valence-corrected chi connectivity index (χ3v) is 5.69. The molecule has 1 N–H and O–H groups in total. The molecule has 0 bridgehead atoms. The number of allylic oxidation sites excluding steroid dienone is 1. The molecule has 5 nitrogen and oxygen atoms in total. The van der Waals surface area contributed by atoms with Gasteiger partial charge in [0.25, 0.3) is 5.56 Å². The van der Waals surface area contributed by atoms with E-state index in [1.807, 2.05) is 48.5 Å². The minimum atomic E-state index is -0.120. The van der Waals surface area contributed by atoms with Crippen LogP contribution in [0.4, 0.5) is 0 Å². The Labute approximate surface area is 181 Å². The van der Waals surface area contributed by atoms with Crippen molar-refractivity contribution < 1.29 is 4.79 Å². The van der Waals surface area contributed by atoms with E-state index in [2.05, 4.69) is 30.7 Å². The van der Waals surface area contributed by atoms with Gasteiger partial charge < -0.3 is 5.32 Å². The van der Waals surface area contributed by atoms with Gasteiger partial charge in [-0.25, -0.2) is 4.98 Å². The Morgan fingerprint density at radius 3 is 2.57 bits per heavy atom. The highest BCUT2D eigenvalue weighted by atomic mass is 32.2. The van der Waals surface area contributed by atoms with Crippen LogP contribution in [0.1, 0.15) is 31.9 Å². The Hall–Kier alpha value is -2.86. The van der Waals surface area contributed by atoms with Crippen molar-refractivity contribution in [3.8, 4) is 0 Å². The fourth-order valence-electron chi connectivity index (χ4n) is 3.35. The lowest BCUT2D eigenvalue weighted by atomic mass is 9.97. The van der Waals surface area contributed by atoms with E-state index in [0.29, 0.717) is 28.5 Å². The highest BCUT2D eigenvalue weighted by molar-refractivity contribution is 7.99. The van der Waals surface area contributed by atoms with Crippen LogP contribution in [0, 0.1) is 5.92 Å². The first-order valence-corrected chi connectivity index (χ1v) is 11.1. The van der Waals surface area contributed by atoms with Gasteiger partial charge in [-0.05, 0) is 30.0 Å². The van der Waals surface area contributed by atoms with Crippen molar-refractivity contribution in [1.82, 2.24) is 14.9 Å². The van der Waals surface area contributed by atoms with Crippen molar-refractivity contribution in [3.63, 3.8) is 0 Å². The summed E-state index contributed by atoms with van der Waals surface area (Å²) in [6, 6.07) is 17.2. The van der Waals surface area contributed by atoms with Crippen LogP contribution in [0.15, 0.2) is 77.2 Å². The van der Waals surface area contributed by atoms with E-state index in [1.54, 1.807) is 16.7 Å². The molecule has 0 saturated heterocycles. The van der Waals surface area contributed by atoms with Crippen LogP contribution in [-0.2, 0) is 11.3 Å². The van der Waals surface area contributed by atoms with Gasteiger partial charge in [-0.3, -0.25) is 14.2 Å². The van der Waals surface area contributed by atoms with Gasteiger partial charge in [-0.1, -0.05) is 74.1 Å². The Morgan fingerprint density at radius 1 is 1.17 bits per heavy atom. The molecular weight excluding hydrogens is 394 g/mol. The summed E-state index contributed by atoms with van der Waals surface area (Å²) in [5.74, 6) is 0.550. The third kappa shape index (κ3) is 5.39. The summed E-state index contributed by atoms with van der Waals surface area (Å²) in [7, 11) is 0. The molecule has 1 heterocycles. The number of para-hydroxylation sites is 1. The number of fused-ring (bicyclic) bond motifs is 1. The average Bonchev–Trinajstić information content (AvgIpc) is 2.74. The highest BCUT2D eigenvalue weighted by Crippen LogP contribution is 2.22. The van der Waals surface area contributed by atoms with Crippen LogP contribution in [0.2, 0.25) is 0 Å². The predicted octanol–water partition coefficient (Wildman–Crippen LogP) is 4.58. The molecule has 0 aliphatic heterocycles. The standard InChI is InChI=1S/C24H27N3O2S/c1-4-14-27-23(29)19-12-8-9-13-20(19)26-24(27)30-16-22(28)25-21(15-17(2)3)18-10-6-5-7-11-18/h4-13,17,21H,1,14-16H2,2-3H3,(H,25,28). The SMILES string of the molecule is C=CCn1c(SCC(=O)NC(CC(C)C)c2ccccc2)nc2ccccc2c1=O. The number of nitrogens with one attached hydrogen (secondary N) is 1. The molecule has 3 rings (SSSR count). The second kappa shape index (κ2) is 10.3. The number of nitrogens with zero attached hydrogens (tertiary/aromatic N) is 2. The molecule has 0 aliphatic carbocycles. The zero-order valence-electron chi connectivity index (χ0n) is 17.4. The molecule has 3 aromatic rings. The van der Waals surface area contributed by atoms with Gasteiger partial charge in [0, 0.05) is 6.54 Å². The summed E-state index contributed by atoms with van der Waals surface area (Å²) in [5, 5.41) is 4.23. The lowest BCUT2D eigenvalue weighted by Crippen LogP contribution is -2.31. The largest absolute Gasteiger partial charge is 0.349 e. The van der Waals surface area contributed by atoms with Crippen molar-refractivity contribution in [2.45, 2.75) is 38.0 Å². The van der Waals surface area contributed by atoms with E-state index < -0.39 is 0 Å². The molecule has 0 radical (unpaired) electrons. The van der Waals surface area contributed by atoms with Crippen LogP contribution in [-0.4, -0.2) is 21.2 Å². The second-order valence-corrected chi connectivity index (χ2v) is 8.51. The fourth-order valence-corrected chi connectivity index (χ4v) is 4.17. The van der Waals surface area contributed by atoms with E-state index in [9.17, 15) is 9.59 Å². The summed E-state index contributed by atoms with van der Waals surface area (Å²) < 4.78 is 1.57. The van der Waals surface area contributed by atoms with Crippen molar-refractivity contribution in [2.24, 2.45) is 5.92 Å². The molecule has 1 atom stereocenters. The number of carbonyl (C=O) groups excluding carboxylic acids is 1. The molecule has 0 aliphatic rings. The normalized spacial score (nSPS) is 12.1. The van der Waals surface area contributed by atoms with Gasteiger partial charge in [-0.15, -0.1) is 6.58 Å². The van der Waals surface area contributed by atoms with Crippen molar-refractivity contribution in [1.29, 1.82) is 0 Å². The van der Waals surface area contributed by atoms with Crippen LogP contribution in [0.25, 0.3) is 10.9 Å². The van der Waals surface area contributed by atoms with E-state index in [1.165, 1.54) is 11.8 Å². The number of rotatable bonds is 9. The summed E-state index contributed by atoms with van der Waals surface area (Å²) >= 11 is 1.27.